The van der Waals surface area contributed by atoms with Gasteiger partial charge >= 0.3 is 0 Å². The molecular weight excluding hydrogens is 288 g/mol. The van der Waals surface area contributed by atoms with Gasteiger partial charge in [-0.25, -0.2) is 9.97 Å². The van der Waals surface area contributed by atoms with E-state index in [9.17, 15) is 4.79 Å². The molecule has 0 bridgehead atoms. The van der Waals surface area contributed by atoms with Crippen LogP contribution < -0.4 is 10.6 Å². The number of anilines is 2. The average molecular weight is 304 g/mol. The molecule has 0 spiro atoms. The summed E-state index contributed by atoms with van der Waals surface area (Å²) in [5, 5.41) is 2.34. The smallest absolute Gasteiger partial charge is 0.228 e. The molecule has 8 heteroatoms. The monoisotopic (exact) mass is 304 g/mol. The molecule has 0 saturated carbocycles. The first-order valence-corrected chi connectivity index (χ1v) is 7.59. The number of rotatable bonds is 3. The molecule has 7 nitrogen and oxygen atoms in total. The summed E-state index contributed by atoms with van der Waals surface area (Å²) in [5.41, 5.74) is 6.33. The van der Waals surface area contributed by atoms with E-state index in [1.165, 1.54) is 11.3 Å². The highest BCUT2D eigenvalue weighted by Gasteiger charge is 2.22. The second-order valence-corrected chi connectivity index (χ2v) is 5.67. The van der Waals surface area contributed by atoms with Crippen molar-refractivity contribution in [3.05, 3.63) is 29.7 Å². The van der Waals surface area contributed by atoms with Crippen LogP contribution in [0, 0.1) is 0 Å². The van der Waals surface area contributed by atoms with Crippen molar-refractivity contribution < 1.29 is 4.79 Å². The van der Waals surface area contributed by atoms with E-state index in [1.54, 1.807) is 18.6 Å². The van der Waals surface area contributed by atoms with Crippen LogP contribution in [0.4, 0.5) is 10.9 Å². The SMILES string of the molecule is Nc1nc(CC(=O)N2CCN(c3cnccn3)CC2)cs1. The zero-order valence-corrected chi connectivity index (χ0v) is 12.3. The lowest BCUT2D eigenvalue weighted by Crippen LogP contribution is -2.49. The highest BCUT2D eigenvalue weighted by molar-refractivity contribution is 7.13. The van der Waals surface area contributed by atoms with Crippen LogP contribution in [0.2, 0.25) is 0 Å². The Morgan fingerprint density at radius 3 is 2.71 bits per heavy atom. The van der Waals surface area contributed by atoms with Crippen molar-refractivity contribution in [2.24, 2.45) is 0 Å². The number of amides is 1. The first-order valence-electron chi connectivity index (χ1n) is 6.71. The van der Waals surface area contributed by atoms with Gasteiger partial charge in [0.1, 0.15) is 5.82 Å². The van der Waals surface area contributed by atoms with E-state index in [0.717, 1.165) is 24.6 Å². The van der Waals surface area contributed by atoms with Crippen molar-refractivity contribution in [1.29, 1.82) is 0 Å². The van der Waals surface area contributed by atoms with Crippen LogP contribution in [0.5, 0.6) is 0 Å². The topological polar surface area (TPSA) is 88.2 Å². The van der Waals surface area contributed by atoms with Gasteiger partial charge in [-0.1, -0.05) is 0 Å². The van der Waals surface area contributed by atoms with Crippen LogP contribution in [0.3, 0.4) is 0 Å². The molecule has 0 atom stereocenters. The molecule has 0 aromatic carbocycles. The maximum absolute atomic E-state index is 12.2. The molecule has 2 aromatic rings. The van der Waals surface area contributed by atoms with E-state index in [1.807, 2.05) is 10.3 Å². The van der Waals surface area contributed by atoms with Crippen LogP contribution >= 0.6 is 11.3 Å². The maximum atomic E-state index is 12.2. The molecule has 0 radical (unpaired) electrons. The Labute approximate surface area is 126 Å². The van der Waals surface area contributed by atoms with E-state index in [2.05, 4.69) is 19.9 Å². The zero-order valence-electron chi connectivity index (χ0n) is 11.5. The van der Waals surface area contributed by atoms with E-state index in [-0.39, 0.29) is 5.91 Å². The molecule has 110 valence electrons. The minimum absolute atomic E-state index is 0.0964. The molecule has 0 aliphatic carbocycles. The molecule has 1 amide bonds. The summed E-state index contributed by atoms with van der Waals surface area (Å²) in [6.45, 7) is 2.91. The Bertz CT molecular complexity index is 608. The molecule has 3 heterocycles. The lowest BCUT2D eigenvalue weighted by molar-refractivity contribution is -0.130. The number of carbonyl (C=O) groups is 1. The number of nitrogens with zero attached hydrogens (tertiary/aromatic N) is 5. The summed E-state index contributed by atoms with van der Waals surface area (Å²) in [7, 11) is 0. The highest BCUT2D eigenvalue weighted by atomic mass is 32.1. The van der Waals surface area contributed by atoms with Crippen molar-refractivity contribution in [3.8, 4) is 0 Å². The van der Waals surface area contributed by atoms with Crippen molar-refractivity contribution in [3.63, 3.8) is 0 Å². The summed E-state index contributed by atoms with van der Waals surface area (Å²) >= 11 is 1.36. The summed E-state index contributed by atoms with van der Waals surface area (Å²) in [6, 6.07) is 0. The minimum atomic E-state index is 0.0964. The van der Waals surface area contributed by atoms with Crippen molar-refractivity contribution >= 4 is 28.2 Å². The van der Waals surface area contributed by atoms with Gasteiger partial charge in [-0.3, -0.25) is 9.78 Å². The van der Waals surface area contributed by atoms with Crippen LogP contribution in [0.15, 0.2) is 24.0 Å². The molecule has 0 unspecified atom stereocenters. The van der Waals surface area contributed by atoms with Crippen LogP contribution in [-0.2, 0) is 11.2 Å². The molecule has 1 fully saturated rings. The Kier molecular flexibility index (Phi) is 3.96. The Balaban J connectivity index is 1.54. The molecule has 1 aliphatic heterocycles. The Morgan fingerprint density at radius 2 is 2.10 bits per heavy atom. The highest BCUT2D eigenvalue weighted by Crippen LogP contribution is 2.15. The molecule has 2 aromatic heterocycles. The largest absolute Gasteiger partial charge is 0.375 e. The summed E-state index contributed by atoms with van der Waals surface area (Å²) in [5.74, 6) is 0.955. The van der Waals surface area contributed by atoms with Gasteiger partial charge in [0.2, 0.25) is 5.91 Å². The average Bonchev–Trinajstić information content (AvgIpc) is 2.93. The van der Waals surface area contributed by atoms with Crippen LogP contribution in [-0.4, -0.2) is 51.9 Å². The van der Waals surface area contributed by atoms with Crippen molar-refractivity contribution in [2.45, 2.75) is 6.42 Å². The summed E-state index contributed by atoms with van der Waals surface area (Å²) in [6.07, 6.45) is 5.40. The van der Waals surface area contributed by atoms with Gasteiger partial charge in [0.25, 0.3) is 0 Å². The number of nitrogens with two attached hydrogens (primary N) is 1. The van der Waals surface area contributed by atoms with Crippen molar-refractivity contribution in [1.82, 2.24) is 19.9 Å². The van der Waals surface area contributed by atoms with E-state index in [0.29, 0.717) is 24.6 Å². The number of carbonyl (C=O) groups excluding carboxylic acids is 1. The van der Waals surface area contributed by atoms with Gasteiger partial charge in [-0.05, 0) is 0 Å². The van der Waals surface area contributed by atoms with Gasteiger partial charge in [0.05, 0.1) is 18.3 Å². The lowest BCUT2D eigenvalue weighted by Gasteiger charge is -2.35. The number of hydrogen-bond donors (Lipinski definition) is 1. The number of hydrogen-bond acceptors (Lipinski definition) is 7. The first kappa shape index (κ1) is 13.7. The predicted octanol–water partition coefficient (Wildman–Crippen LogP) is 0.407. The minimum Gasteiger partial charge on any atom is -0.375 e. The second kappa shape index (κ2) is 6.04. The van der Waals surface area contributed by atoms with Gasteiger partial charge in [0, 0.05) is 44.0 Å². The zero-order chi connectivity index (χ0) is 14.7. The van der Waals surface area contributed by atoms with E-state index < -0.39 is 0 Å². The third kappa shape index (κ3) is 3.27. The maximum Gasteiger partial charge on any atom is 0.228 e. The molecule has 21 heavy (non-hydrogen) atoms. The molecule has 2 N–H and O–H groups in total. The molecule has 1 aliphatic rings. The van der Waals surface area contributed by atoms with Gasteiger partial charge in [-0.2, -0.15) is 0 Å². The number of nitrogen functional groups attached to an aromatic ring is 1. The fraction of sp³-hybridized carbons (Fsp3) is 0.385. The number of aromatic nitrogens is 3. The van der Waals surface area contributed by atoms with Gasteiger partial charge in [0.15, 0.2) is 5.13 Å². The predicted molar refractivity (Wildman–Crippen MR) is 81.1 cm³/mol. The van der Waals surface area contributed by atoms with E-state index >= 15 is 0 Å². The lowest BCUT2D eigenvalue weighted by atomic mass is 10.2. The first-order chi connectivity index (χ1) is 10.2. The quantitative estimate of drug-likeness (QED) is 0.883. The van der Waals surface area contributed by atoms with Crippen LogP contribution in [0.1, 0.15) is 5.69 Å². The third-order valence-electron chi connectivity index (χ3n) is 3.41. The van der Waals surface area contributed by atoms with Gasteiger partial charge in [-0.15, -0.1) is 11.3 Å². The van der Waals surface area contributed by atoms with E-state index in [4.69, 9.17) is 5.73 Å². The summed E-state index contributed by atoms with van der Waals surface area (Å²) in [4.78, 5) is 28.7. The standard InChI is InChI=1S/C13H16N6OS/c14-13-17-10(9-21-13)7-12(20)19-5-3-18(4-6-19)11-8-15-1-2-16-11/h1-2,8-9H,3-7H2,(H2,14,17). The van der Waals surface area contributed by atoms with Crippen LogP contribution in [0.25, 0.3) is 0 Å². The fourth-order valence-corrected chi connectivity index (χ4v) is 2.87. The molecule has 1 saturated heterocycles. The Morgan fingerprint density at radius 1 is 1.29 bits per heavy atom. The second-order valence-electron chi connectivity index (χ2n) is 4.79. The molecular formula is C13H16N6OS. The number of thiazole rings is 1. The third-order valence-corrected chi connectivity index (χ3v) is 4.13. The molecule has 3 rings (SSSR count). The van der Waals surface area contributed by atoms with Gasteiger partial charge < -0.3 is 15.5 Å². The summed E-state index contributed by atoms with van der Waals surface area (Å²) < 4.78 is 0. The number of piperazine rings is 1. The Hall–Kier alpha value is -2.22. The van der Waals surface area contributed by atoms with Crippen molar-refractivity contribution in [2.75, 3.05) is 36.8 Å². The normalized spacial score (nSPS) is 15.2. The fourth-order valence-electron chi connectivity index (χ4n) is 2.31.